The Kier molecular flexibility index (Phi) is 10.6. The van der Waals surface area contributed by atoms with Gasteiger partial charge in [-0.3, -0.25) is 14.6 Å². The largest absolute Gasteiger partial charge is 0.481 e. The number of likely N-dealkylation sites (tertiary alicyclic amines) is 1. The van der Waals surface area contributed by atoms with Crippen molar-refractivity contribution in [2.75, 3.05) is 19.7 Å². The first-order valence-corrected chi connectivity index (χ1v) is 18.1. The van der Waals surface area contributed by atoms with Crippen LogP contribution >= 0.6 is 22.9 Å². The molecule has 2 aromatic rings. The van der Waals surface area contributed by atoms with E-state index in [1.807, 2.05) is 10.3 Å². The van der Waals surface area contributed by atoms with Gasteiger partial charge in [-0.05, 0) is 75.2 Å². The molecule has 3 fully saturated rings. The lowest BCUT2D eigenvalue weighted by molar-refractivity contribution is -0.147. The van der Waals surface area contributed by atoms with E-state index >= 15 is 0 Å². The van der Waals surface area contributed by atoms with Crippen molar-refractivity contribution in [3.05, 3.63) is 62.5 Å². The van der Waals surface area contributed by atoms with Crippen LogP contribution in [0.25, 0.3) is 0 Å². The van der Waals surface area contributed by atoms with Crippen molar-refractivity contribution >= 4 is 46.6 Å². The lowest BCUT2D eigenvalue weighted by Gasteiger charge is -2.42. The maximum Gasteiger partial charge on any atom is 0.338 e. The van der Waals surface area contributed by atoms with E-state index in [4.69, 9.17) is 21.3 Å². The number of ether oxygens (including phenoxy) is 1. The van der Waals surface area contributed by atoms with Crippen LogP contribution in [-0.2, 0) is 19.1 Å². The summed E-state index contributed by atoms with van der Waals surface area (Å²) in [6.45, 7) is 3.31. The molecule has 2 N–H and O–H groups in total. The normalized spacial score (nSPS) is 28.2. The summed E-state index contributed by atoms with van der Waals surface area (Å²) in [5, 5.41) is 15.2. The third kappa shape index (κ3) is 7.56. The van der Waals surface area contributed by atoms with Crippen LogP contribution in [0.3, 0.4) is 0 Å². The molecule has 4 atom stereocenters. The second kappa shape index (κ2) is 14.8. The van der Waals surface area contributed by atoms with Crippen LogP contribution in [0.1, 0.15) is 87.7 Å². The number of amides is 1. The number of nitrogens with one attached hydrogen (secondary N) is 1. The Labute approximate surface area is 283 Å². The molecule has 2 aliphatic carbocycles. The quantitative estimate of drug-likeness (QED) is 0.279. The maximum atomic E-state index is 14.7. The van der Waals surface area contributed by atoms with Crippen molar-refractivity contribution in [2.24, 2.45) is 34.6 Å². The van der Waals surface area contributed by atoms with Gasteiger partial charge in [0.25, 0.3) is 0 Å². The van der Waals surface area contributed by atoms with Gasteiger partial charge in [0.2, 0.25) is 5.91 Å². The van der Waals surface area contributed by atoms with E-state index in [0.717, 1.165) is 45.1 Å². The Hall–Kier alpha value is -3.31. The number of amidine groups is 1. The number of allylic oxidation sites excluding steroid dienone is 1. The Morgan fingerprint density at radius 2 is 1.96 bits per heavy atom. The van der Waals surface area contributed by atoms with E-state index in [1.54, 1.807) is 25.3 Å². The molecule has 9 nitrogen and oxygen atoms in total. The Balaban J connectivity index is 1.24. The first-order valence-electron chi connectivity index (χ1n) is 16.8. The van der Waals surface area contributed by atoms with Crippen molar-refractivity contribution in [1.82, 2.24) is 15.2 Å². The second-order valence-electron chi connectivity index (χ2n) is 13.4. The summed E-state index contributed by atoms with van der Waals surface area (Å²) >= 11 is 7.91. The van der Waals surface area contributed by atoms with Crippen molar-refractivity contribution in [3.8, 4) is 0 Å². The Morgan fingerprint density at radius 3 is 2.70 bits per heavy atom. The highest BCUT2D eigenvalue weighted by Crippen LogP contribution is 2.42. The van der Waals surface area contributed by atoms with Gasteiger partial charge in [-0.1, -0.05) is 43.0 Å². The van der Waals surface area contributed by atoms with Crippen LogP contribution in [0.15, 0.2) is 46.0 Å². The standard InChI is InChI=1S/C35H42ClFN4O5S/c1-2-46-35(45)29-27(39-32(33-38-12-13-47-33)40-31(29)25-8-5-9-26(37)30(25)36)16-20-6-3-4-7-22-17-28(42)41(19-23(22)11-10-20)18-21-14-24(15-21)34(43)44/h5,8-9,12-13,20-24,31H,2-4,6-7,10-11,14-19H2,1H3,(H,39,40)(H,43,44). The highest BCUT2D eigenvalue weighted by Gasteiger charge is 2.40. The minimum Gasteiger partial charge on any atom is -0.481 e. The number of hydrogen-bond acceptors (Lipinski definition) is 8. The Bertz CT molecular complexity index is 1540. The van der Waals surface area contributed by atoms with Crippen LogP contribution in [0.5, 0.6) is 0 Å². The van der Waals surface area contributed by atoms with Gasteiger partial charge in [-0.15, -0.1) is 11.3 Å². The molecule has 4 unspecified atom stereocenters. The predicted octanol–water partition coefficient (Wildman–Crippen LogP) is 6.78. The number of nitrogens with zero attached hydrogens (tertiary/aromatic N) is 3. The van der Waals surface area contributed by atoms with E-state index in [1.165, 1.54) is 17.4 Å². The molecule has 252 valence electrons. The molecular weight excluding hydrogens is 643 g/mol. The highest BCUT2D eigenvalue weighted by molar-refractivity contribution is 7.11. The van der Waals surface area contributed by atoms with E-state index in [0.29, 0.717) is 71.7 Å². The van der Waals surface area contributed by atoms with E-state index < -0.39 is 23.8 Å². The van der Waals surface area contributed by atoms with Gasteiger partial charge < -0.3 is 20.1 Å². The monoisotopic (exact) mass is 684 g/mol. The van der Waals surface area contributed by atoms with Crippen LogP contribution in [0.4, 0.5) is 4.39 Å². The predicted molar refractivity (Wildman–Crippen MR) is 177 cm³/mol. The molecule has 1 saturated heterocycles. The molecule has 1 aromatic carbocycles. The third-order valence-electron chi connectivity index (χ3n) is 10.4. The maximum absolute atomic E-state index is 14.7. The summed E-state index contributed by atoms with van der Waals surface area (Å²) < 4.78 is 20.3. The smallest absolute Gasteiger partial charge is 0.338 e. The molecule has 47 heavy (non-hydrogen) atoms. The number of esters is 1. The SMILES string of the molecule is CCOC(=O)C1=C(CC2CCCCC3CC(=O)N(CC4CC(C(=O)O)C4)CC3CC2)NC(c2nccs2)=NC1c1cccc(F)c1Cl. The fourth-order valence-electron chi connectivity index (χ4n) is 7.83. The van der Waals surface area contributed by atoms with Gasteiger partial charge in [0.1, 0.15) is 11.9 Å². The van der Waals surface area contributed by atoms with E-state index in [9.17, 15) is 23.9 Å². The number of aliphatic imine (C=N–C) groups is 1. The zero-order valence-electron chi connectivity index (χ0n) is 26.6. The number of halogens is 2. The lowest BCUT2D eigenvalue weighted by atomic mass is 9.73. The first-order chi connectivity index (χ1) is 22.7. The molecule has 6 rings (SSSR count). The number of hydrogen-bond donors (Lipinski definition) is 2. The molecule has 0 bridgehead atoms. The van der Waals surface area contributed by atoms with Gasteiger partial charge in [0.15, 0.2) is 10.8 Å². The number of aromatic nitrogens is 1. The summed E-state index contributed by atoms with van der Waals surface area (Å²) in [7, 11) is 0. The number of carboxylic acids is 1. The molecular formula is C35H42ClFN4O5S. The number of carbonyl (C=O) groups excluding carboxylic acids is 2. The van der Waals surface area contributed by atoms with E-state index in [2.05, 4.69) is 10.3 Å². The van der Waals surface area contributed by atoms with Gasteiger partial charge in [0, 0.05) is 42.3 Å². The van der Waals surface area contributed by atoms with Crippen molar-refractivity contribution in [2.45, 2.75) is 77.2 Å². The molecule has 2 saturated carbocycles. The average molecular weight is 685 g/mol. The zero-order valence-corrected chi connectivity index (χ0v) is 28.2. The van der Waals surface area contributed by atoms with Crippen LogP contribution in [0.2, 0.25) is 5.02 Å². The third-order valence-corrected chi connectivity index (χ3v) is 11.6. The number of benzene rings is 1. The first kappa shape index (κ1) is 33.6. The van der Waals surface area contributed by atoms with Crippen LogP contribution in [0, 0.1) is 35.4 Å². The average Bonchev–Trinajstić information content (AvgIpc) is 3.58. The summed E-state index contributed by atoms with van der Waals surface area (Å²) in [6, 6.07) is 3.69. The summed E-state index contributed by atoms with van der Waals surface area (Å²) in [5.74, 6) is -0.129. The summed E-state index contributed by atoms with van der Waals surface area (Å²) in [5.41, 5.74) is 1.44. The van der Waals surface area contributed by atoms with Gasteiger partial charge in [-0.25, -0.2) is 14.2 Å². The Morgan fingerprint density at radius 1 is 1.15 bits per heavy atom. The fraction of sp³-hybridized carbons (Fsp3) is 0.571. The molecule has 3 heterocycles. The molecule has 0 spiro atoms. The van der Waals surface area contributed by atoms with Crippen LogP contribution in [-0.4, -0.2) is 58.4 Å². The van der Waals surface area contributed by atoms with Crippen molar-refractivity contribution < 1.29 is 28.6 Å². The molecule has 2 aliphatic heterocycles. The number of thiazole rings is 1. The molecule has 1 aromatic heterocycles. The van der Waals surface area contributed by atoms with Crippen molar-refractivity contribution in [1.29, 1.82) is 0 Å². The topological polar surface area (TPSA) is 121 Å². The number of piperidine rings is 1. The molecule has 4 aliphatic rings. The number of aliphatic carboxylic acids is 1. The van der Waals surface area contributed by atoms with E-state index in [-0.39, 0.29) is 35.3 Å². The minimum absolute atomic E-state index is 0.0759. The lowest BCUT2D eigenvalue weighted by Crippen LogP contribution is -2.48. The van der Waals surface area contributed by atoms with Gasteiger partial charge in [-0.2, -0.15) is 0 Å². The van der Waals surface area contributed by atoms with Gasteiger partial charge in [0.05, 0.1) is 23.1 Å². The minimum atomic E-state index is -0.863. The van der Waals surface area contributed by atoms with Crippen molar-refractivity contribution in [3.63, 3.8) is 0 Å². The number of carboxylic acid groups (broad SMARTS) is 1. The molecule has 12 heteroatoms. The number of carbonyl (C=O) groups is 3. The zero-order chi connectivity index (χ0) is 33.1. The fourth-order valence-corrected chi connectivity index (χ4v) is 8.65. The molecule has 0 radical (unpaired) electrons. The summed E-state index contributed by atoms with van der Waals surface area (Å²) in [4.78, 5) is 49.4. The number of rotatable bonds is 9. The number of fused-ring (bicyclic) bond motifs is 1. The second-order valence-corrected chi connectivity index (χ2v) is 14.7. The van der Waals surface area contributed by atoms with Gasteiger partial charge >= 0.3 is 11.9 Å². The highest BCUT2D eigenvalue weighted by atomic mass is 35.5. The summed E-state index contributed by atoms with van der Waals surface area (Å²) in [6.07, 6.45) is 10.1. The van der Waals surface area contributed by atoms with Crippen LogP contribution < -0.4 is 5.32 Å². The molecule has 1 amide bonds.